The summed E-state index contributed by atoms with van der Waals surface area (Å²) in [5.74, 6) is 4.75. The number of carbonyl (C=O) groups excluding carboxylic acids is 1. The highest BCUT2D eigenvalue weighted by atomic mass is 32.2. The molecule has 1 fully saturated rings. The Morgan fingerprint density at radius 2 is 2.07 bits per heavy atom. The van der Waals surface area contributed by atoms with E-state index in [4.69, 9.17) is 9.47 Å². The number of nitrogens with one attached hydrogen (secondary N) is 1. The molecule has 3 rings (SSSR count). The number of carbonyl (C=O) groups is 1. The number of rotatable bonds is 9. The van der Waals surface area contributed by atoms with Crippen molar-refractivity contribution in [2.45, 2.75) is 11.9 Å². The van der Waals surface area contributed by atoms with Crippen LogP contribution >= 0.6 is 23.5 Å². The zero-order valence-corrected chi connectivity index (χ0v) is 16.7. The molecule has 0 radical (unpaired) electrons. The molecule has 1 saturated heterocycles. The molecule has 2 aromatic rings. The largest absolute Gasteiger partial charge is 0.497 e. The van der Waals surface area contributed by atoms with Crippen molar-refractivity contribution in [2.24, 2.45) is 5.10 Å². The summed E-state index contributed by atoms with van der Waals surface area (Å²) in [6.07, 6.45) is 1.94. The number of hydrogen-bond donors (Lipinski definition) is 1. The molecule has 0 unspecified atom stereocenters. The Bertz CT molecular complexity index is 777. The lowest BCUT2D eigenvalue weighted by Gasteiger charge is -2.25. The van der Waals surface area contributed by atoms with Gasteiger partial charge in [-0.2, -0.15) is 16.9 Å². The van der Waals surface area contributed by atoms with Gasteiger partial charge < -0.3 is 9.47 Å². The molecule has 0 atom stereocenters. The summed E-state index contributed by atoms with van der Waals surface area (Å²) < 4.78 is 11.0. The van der Waals surface area contributed by atoms with Gasteiger partial charge in [0.1, 0.15) is 17.6 Å². The van der Waals surface area contributed by atoms with Crippen molar-refractivity contribution in [1.82, 2.24) is 5.43 Å². The van der Waals surface area contributed by atoms with Crippen LogP contribution in [0, 0.1) is 0 Å². The fraction of sp³-hybridized carbons (Fsp3) is 0.300. The first-order chi connectivity index (χ1) is 13.2. The molecule has 1 aliphatic rings. The second-order valence-corrected chi connectivity index (χ2v) is 8.04. The first-order valence-electron chi connectivity index (χ1n) is 8.60. The van der Waals surface area contributed by atoms with E-state index < -0.39 is 0 Å². The predicted octanol–water partition coefficient (Wildman–Crippen LogP) is 3.57. The topological polar surface area (TPSA) is 59.9 Å². The van der Waals surface area contributed by atoms with Crippen LogP contribution in [0.15, 0.2) is 53.6 Å². The Kier molecular flexibility index (Phi) is 7.47. The van der Waals surface area contributed by atoms with E-state index in [2.05, 4.69) is 10.5 Å². The van der Waals surface area contributed by atoms with E-state index in [0.717, 1.165) is 39.9 Å². The number of nitrogens with zero attached hydrogens (tertiary/aromatic N) is 1. The molecule has 0 aromatic heterocycles. The number of benzene rings is 2. The van der Waals surface area contributed by atoms with Gasteiger partial charge in [0.15, 0.2) is 0 Å². The summed E-state index contributed by atoms with van der Waals surface area (Å²) in [5.41, 5.74) is 4.61. The van der Waals surface area contributed by atoms with Crippen molar-refractivity contribution in [3.63, 3.8) is 0 Å². The SMILES string of the molecule is COc1ccc(CSCC(=O)N/N=C/c2cccc(OC3CSC3)c2)cc1. The van der Waals surface area contributed by atoms with E-state index in [1.54, 1.807) is 25.1 Å². The molecule has 2 aromatic carbocycles. The van der Waals surface area contributed by atoms with E-state index in [0.29, 0.717) is 11.9 Å². The van der Waals surface area contributed by atoms with Crippen LogP contribution in [-0.4, -0.2) is 42.6 Å². The van der Waals surface area contributed by atoms with Gasteiger partial charge >= 0.3 is 0 Å². The molecular formula is C20H22N2O3S2. The minimum Gasteiger partial charge on any atom is -0.497 e. The maximum absolute atomic E-state index is 11.9. The third-order valence-electron chi connectivity index (χ3n) is 3.83. The molecule has 0 saturated carbocycles. The summed E-state index contributed by atoms with van der Waals surface area (Å²) in [6, 6.07) is 15.6. The quantitative estimate of drug-likeness (QED) is 0.513. The Hall–Kier alpha value is -2.12. The summed E-state index contributed by atoms with van der Waals surface area (Å²) in [4.78, 5) is 11.9. The zero-order valence-electron chi connectivity index (χ0n) is 15.1. The summed E-state index contributed by atoms with van der Waals surface area (Å²) in [6.45, 7) is 0. The fourth-order valence-corrected chi connectivity index (χ4v) is 3.68. The highest BCUT2D eigenvalue weighted by molar-refractivity contribution is 8.00. The van der Waals surface area contributed by atoms with Crippen LogP contribution in [0.1, 0.15) is 11.1 Å². The van der Waals surface area contributed by atoms with E-state index >= 15 is 0 Å². The first kappa shape index (κ1) is 19.6. The van der Waals surface area contributed by atoms with Crippen LogP contribution in [0.2, 0.25) is 0 Å². The first-order valence-corrected chi connectivity index (χ1v) is 10.9. The number of hydrazone groups is 1. The molecule has 142 valence electrons. The van der Waals surface area contributed by atoms with Crippen molar-refractivity contribution >= 4 is 35.6 Å². The van der Waals surface area contributed by atoms with E-state index in [-0.39, 0.29) is 5.91 Å². The van der Waals surface area contributed by atoms with Gasteiger partial charge in [0, 0.05) is 17.3 Å². The van der Waals surface area contributed by atoms with E-state index in [1.165, 1.54) is 0 Å². The van der Waals surface area contributed by atoms with Crippen molar-refractivity contribution < 1.29 is 14.3 Å². The molecule has 0 spiro atoms. The third-order valence-corrected chi connectivity index (χ3v) is 6.05. The monoisotopic (exact) mass is 402 g/mol. The Balaban J connectivity index is 1.38. The van der Waals surface area contributed by atoms with Crippen LogP contribution in [0.4, 0.5) is 0 Å². The molecular weight excluding hydrogens is 380 g/mol. The molecule has 1 aliphatic heterocycles. The van der Waals surface area contributed by atoms with Crippen LogP contribution in [0.25, 0.3) is 0 Å². The van der Waals surface area contributed by atoms with Crippen molar-refractivity contribution in [3.05, 3.63) is 59.7 Å². The lowest BCUT2D eigenvalue weighted by atomic mass is 10.2. The summed E-state index contributed by atoms with van der Waals surface area (Å²) >= 11 is 3.43. The fourth-order valence-electron chi connectivity index (χ4n) is 2.34. The minimum atomic E-state index is -0.122. The van der Waals surface area contributed by atoms with Gasteiger partial charge in [0.25, 0.3) is 0 Å². The lowest BCUT2D eigenvalue weighted by molar-refractivity contribution is -0.118. The average molecular weight is 403 g/mol. The summed E-state index contributed by atoms with van der Waals surface area (Å²) in [7, 11) is 1.64. The van der Waals surface area contributed by atoms with Gasteiger partial charge in [-0.25, -0.2) is 5.43 Å². The second-order valence-electron chi connectivity index (χ2n) is 5.98. The predicted molar refractivity (Wildman–Crippen MR) is 113 cm³/mol. The number of methoxy groups -OCH3 is 1. The third kappa shape index (κ3) is 6.52. The minimum absolute atomic E-state index is 0.122. The highest BCUT2D eigenvalue weighted by Gasteiger charge is 2.19. The number of ether oxygens (including phenoxy) is 2. The van der Waals surface area contributed by atoms with E-state index in [9.17, 15) is 4.79 Å². The van der Waals surface area contributed by atoms with Gasteiger partial charge in [0.2, 0.25) is 5.91 Å². The van der Waals surface area contributed by atoms with Crippen molar-refractivity contribution in [3.8, 4) is 11.5 Å². The highest BCUT2D eigenvalue weighted by Crippen LogP contribution is 2.24. The van der Waals surface area contributed by atoms with E-state index in [1.807, 2.05) is 60.3 Å². The number of amides is 1. The standard InChI is InChI=1S/C20H22N2O3S2/c1-24-17-7-5-15(6-8-17)11-26-14-20(23)22-21-10-16-3-2-4-18(9-16)25-19-12-27-13-19/h2-10,19H,11-14H2,1H3,(H,22,23)/b21-10+. The van der Waals surface area contributed by atoms with Gasteiger partial charge in [0.05, 0.1) is 19.1 Å². The molecule has 1 N–H and O–H groups in total. The van der Waals surface area contributed by atoms with Gasteiger partial charge in [-0.1, -0.05) is 24.3 Å². The Labute approximate surface area is 167 Å². The van der Waals surface area contributed by atoms with Gasteiger partial charge in [-0.3, -0.25) is 4.79 Å². The maximum Gasteiger partial charge on any atom is 0.250 e. The van der Waals surface area contributed by atoms with Crippen molar-refractivity contribution in [2.75, 3.05) is 24.4 Å². The number of thioether (sulfide) groups is 2. The maximum atomic E-state index is 11.9. The van der Waals surface area contributed by atoms with Crippen LogP contribution in [-0.2, 0) is 10.5 Å². The molecule has 1 heterocycles. The molecule has 5 nitrogen and oxygen atoms in total. The second kappa shape index (κ2) is 10.3. The smallest absolute Gasteiger partial charge is 0.250 e. The normalized spacial score (nSPS) is 14.0. The van der Waals surface area contributed by atoms with Crippen LogP contribution in [0.5, 0.6) is 11.5 Å². The zero-order chi connectivity index (χ0) is 18.9. The van der Waals surface area contributed by atoms with Gasteiger partial charge in [-0.05, 0) is 35.4 Å². The molecule has 7 heteroatoms. The van der Waals surface area contributed by atoms with Crippen molar-refractivity contribution in [1.29, 1.82) is 0 Å². The van der Waals surface area contributed by atoms with Crippen LogP contribution < -0.4 is 14.9 Å². The molecule has 0 bridgehead atoms. The molecule has 1 amide bonds. The van der Waals surface area contributed by atoms with Gasteiger partial charge in [-0.15, -0.1) is 11.8 Å². The Morgan fingerprint density at radius 1 is 1.26 bits per heavy atom. The lowest BCUT2D eigenvalue weighted by Crippen LogP contribution is -2.31. The average Bonchev–Trinajstić information content (AvgIpc) is 2.66. The number of hydrogen-bond acceptors (Lipinski definition) is 6. The Morgan fingerprint density at radius 3 is 2.78 bits per heavy atom. The molecule has 27 heavy (non-hydrogen) atoms. The summed E-state index contributed by atoms with van der Waals surface area (Å²) in [5, 5.41) is 4.03. The molecule has 0 aliphatic carbocycles. The van der Waals surface area contributed by atoms with Crippen LogP contribution in [0.3, 0.4) is 0 Å².